The predicted octanol–water partition coefficient (Wildman–Crippen LogP) is 2.35. The van der Waals surface area contributed by atoms with Crippen molar-refractivity contribution in [1.82, 2.24) is 9.78 Å². The van der Waals surface area contributed by atoms with Gasteiger partial charge in [-0.25, -0.2) is 4.79 Å². The summed E-state index contributed by atoms with van der Waals surface area (Å²) >= 11 is 5.95. The Labute approximate surface area is 109 Å². The molecule has 5 nitrogen and oxygen atoms in total. The van der Waals surface area contributed by atoms with Crippen molar-refractivity contribution >= 4 is 17.6 Å². The number of ether oxygens (including phenoxy) is 1. The van der Waals surface area contributed by atoms with E-state index in [-0.39, 0.29) is 17.2 Å². The van der Waals surface area contributed by atoms with Crippen LogP contribution in [0.3, 0.4) is 0 Å². The molecule has 0 fully saturated rings. The van der Waals surface area contributed by atoms with Gasteiger partial charge in [0.1, 0.15) is 12.4 Å². The molecule has 0 amide bonds. The highest BCUT2D eigenvalue weighted by atomic mass is 35.5. The van der Waals surface area contributed by atoms with Crippen LogP contribution < -0.4 is 4.74 Å². The summed E-state index contributed by atoms with van der Waals surface area (Å²) in [7, 11) is 1.81. The van der Waals surface area contributed by atoms with Crippen LogP contribution in [-0.2, 0) is 13.7 Å². The first-order valence-electron chi connectivity index (χ1n) is 5.20. The van der Waals surface area contributed by atoms with Gasteiger partial charge in [-0.3, -0.25) is 4.68 Å². The van der Waals surface area contributed by atoms with E-state index in [0.717, 1.165) is 5.56 Å². The number of carbonyl (C=O) groups is 1. The summed E-state index contributed by atoms with van der Waals surface area (Å²) in [5.41, 5.74) is 0.912. The molecule has 0 aliphatic heterocycles. The molecule has 0 spiro atoms. The fourth-order valence-electron chi connectivity index (χ4n) is 1.49. The van der Waals surface area contributed by atoms with Crippen LogP contribution in [0.1, 0.15) is 15.9 Å². The second kappa shape index (κ2) is 5.10. The number of hydrogen-bond acceptors (Lipinski definition) is 3. The van der Waals surface area contributed by atoms with Crippen LogP contribution in [0.25, 0.3) is 0 Å². The average Bonchev–Trinajstić information content (AvgIpc) is 2.73. The van der Waals surface area contributed by atoms with Gasteiger partial charge in [0.2, 0.25) is 0 Å². The molecule has 1 aromatic heterocycles. The summed E-state index contributed by atoms with van der Waals surface area (Å²) in [5.74, 6) is -0.729. The first-order valence-corrected chi connectivity index (χ1v) is 5.58. The molecule has 0 unspecified atom stereocenters. The Bertz CT molecular complexity index is 580. The van der Waals surface area contributed by atoms with Gasteiger partial charge < -0.3 is 9.84 Å². The van der Waals surface area contributed by atoms with Crippen LogP contribution in [-0.4, -0.2) is 20.9 Å². The molecule has 0 bridgehead atoms. The minimum absolute atomic E-state index is 0.0281. The number of aromatic carboxylic acids is 1. The number of aryl methyl sites for hydroxylation is 1. The molecule has 1 aromatic carbocycles. The third kappa shape index (κ3) is 2.62. The normalized spacial score (nSPS) is 10.3. The van der Waals surface area contributed by atoms with Crippen molar-refractivity contribution < 1.29 is 14.6 Å². The lowest BCUT2D eigenvalue weighted by Gasteiger charge is -2.08. The standard InChI is InChI=1S/C12H11ClN2O3/c1-15-6-8(5-14-15)7-18-10-4-2-3-9(11(10)13)12(16)17/h2-6H,7H2,1H3,(H,16,17). The Hall–Kier alpha value is -2.01. The molecule has 1 N–H and O–H groups in total. The van der Waals surface area contributed by atoms with Crippen LogP contribution in [0, 0.1) is 0 Å². The van der Waals surface area contributed by atoms with Gasteiger partial charge in [-0.1, -0.05) is 17.7 Å². The van der Waals surface area contributed by atoms with E-state index in [2.05, 4.69) is 5.10 Å². The average molecular weight is 267 g/mol. The summed E-state index contributed by atoms with van der Waals surface area (Å²) in [5, 5.41) is 13.0. The van der Waals surface area contributed by atoms with Crippen molar-refractivity contribution in [2.45, 2.75) is 6.61 Å². The number of carboxylic acids is 1. The van der Waals surface area contributed by atoms with E-state index in [1.54, 1.807) is 23.0 Å². The predicted molar refractivity (Wildman–Crippen MR) is 66.0 cm³/mol. The van der Waals surface area contributed by atoms with Crippen LogP contribution in [0.4, 0.5) is 0 Å². The number of carboxylic acid groups (broad SMARTS) is 1. The third-order valence-electron chi connectivity index (χ3n) is 2.35. The van der Waals surface area contributed by atoms with Crippen molar-refractivity contribution in [1.29, 1.82) is 0 Å². The molecular weight excluding hydrogens is 256 g/mol. The van der Waals surface area contributed by atoms with E-state index >= 15 is 0 Å². The summed E-state index contributed by atoms with van der Waals surface area (Å²) in [4.78, 5) is 10.9. The third-order valence-corrected chi connectivity index (χ3v) is 2.74. The summed E-state index contributed by atoms with van der Waals surface area (Å²) in [6.45, 7) is 0.288. The Morgan fingerprint density at radius 2 is 2.33 bits per heavy atom. The second-order valence-electron chi connectivity index (χ2n) is 3.73. The molecule has 0 aliphatic carbocycles. The maximum atomic E-state index is 10.9. The molecule has 1 heterocycles. The minimum Gasteiger partial charge on any atom is -0.487 e. The molecule has 0 saturated heterocycles. The number of rotatable bonds is 4. The lowest BCUT2D eigenvalue weighted by Crippen LogP contribution is -2.00. The Balaban J connectivity index is 2.14. The van der Waals surface area contributed by atoms with Gasteiger partial charge in [0.05, 0.1) is 16.8 Å². The van der Waals surface area contributed by atoms with Gasteiger partial charge in [-0.2, -0.15) is 5.10 Å². The van der Waals surface area contributed by atoms with Crippen LogP contribution in [0.15, 0.2) is 30.6 Å². The lowest BCUT2D eigenvalue weighted by molar-refractivity contribution is 0.0696. The topological polar surface area (TPSA) is 64.3 Å². The van der Waals surface area contributed by atoms with Gasteiger partial charge in [0.25, 0.3) is 0 Å². The van der Waals surface area contributed by atoms with E-state index in [0.29, 0.717) is 5.75 Å². The molecule has 2 rings (SSSR count). The molecular formula is C12H11ClN2O3. The highest BCUT2D eigenvalue weighted by Crippen LogP contribution is 2.28. The van der Waals surface area contributed by atoms with Crippen molar-refractivity contribution in [3.05, 3.63) is 46.7 Å². The summed E-state index contributed by atoms with van der Waals surface area (Å²) in [6, 6.07) is 4.65. The molecule has 0 radical (unpaired) electrons. The Morgan fingerprint density at radius 3 is 2.94 bits per heavy atom. The van der Waals surface area contributed by atoms with Crippen molar-refractivity contribution in [2.24, 2.45) is 7.05 Å². The van der Waals surface area contributed by atoms with Crippen LogP contribution >= 0.6 is 11.6 Å². The zero-order chi connectivity index (χ0) is 13.1. The molecule has 0 atom stereocenters. The number of hydrogen-bond donors (Lipinski definition) is 1. The SMILES string of the molecule is Cn1cc(COc2cccc(C(=O)O)c2Cl)cn1. The van der Waals surface area contributed by atoms with Gasteiger partial charge >= 0.3 is 5.97 Å². The minimum atomic E-state index is -1.08. The number of benzene rings is 1. The quantitative estimate of drug-likeness (QED) is 0.923. The molecule has 2 aromatic rings. The fraction of sp³-hybridized carbons (Fsp3) is 0.167. The van der Waals surface area contributed by atoms with Crippen LogP contribution in [0.5, 0.6) is 5.75 Å². The highest BCUT2D eigenvalue weighted by molar-refractivity contribution is 6.34. The number of halogens is 1. The first kappa shape index (κ1) is 12.4. The number of nitrogens with zero attached hydrogens (tertiary/aromatic N) is 2. The monoisotopic (exact) mass is 266 g/mol. The van der Waals surface area contributed by atoms with E-state index in [1.165, 1.54) is 6.07 Å². The first-order chi connectivity index (χ1) is 8.58. The molecule has 94 valence electrons. The van der Waals surface area contributed by atoms with Gasteiger partial charge in [0.15, 0.2) is 0 Å². The fourth-order valence-corrected chi connectivity index (χ4v) is 1.76. The molecule has 18 heavy (non-hydrogen) atoms. The van der Waals surface area contributed by atoms with E-state index < -0.39 is 5.97 Å². The largest absolute Gasteiger partial charge is 0.487 e. The van der Waals surface area contributed by atoms with Crippen molar-refractivity contribution in [2.75, 3.05) is 0 Å². The Kier molecular flexibility index (Phi) is 3.53. The highest BCUT2D eigenvalue weighted by Gasteiger charge is 2.13. The van der Waals surface area contributed by atoms with Crippen molar-refractivity contribution in [3.8, 4) is 5.75 Å². The van der Waals surface area contributed by atoms with E-state index in [1.807, 2.05) is 13.2 Å². The Morgan fingerprint density at radius 1 is 1.56 bits per heavy atom. The van der Waals surface area contributed by atoms with Gasteiger partial charge in [-0.15, -0.1) is 0 Å². The summed E-state index contributed by atoms with van der Waals surface area (Å²) in [6.07, 6.45) is 3.49. The zero-order valence-electron chi connectivity index (χ0n) is 9.63. The van der Waals surface area contributed by atoms with E-state index in [9.17, 15) is 4.79 Å². The zero-order valence-corrected chi connectivity index (χ0v) is 10.4. The molecule has 0 saturated carbocycles. The second-order valence-corrected chi connectivity index (χ2v) is 4.11. The van der Waals surface area contributed by atoms with Gasteiger partial charge in [-0.05, 0) is 12.1 Å². The molecule has 6 heteroatoms. The molecule has 0 aliphatic rings. The maximum Gasteiger partial charge on any atom is 0.337 e. The van der Waals surface area contributed by atoms with Crippen LogP contribution in [0.2, 0.25) is 5.02 Å². The summed E-state index contributed by atoms with van der Waals surface area (Å²) < 4.78 is 7.14. The number of aromatic nitrogens is 2. The van der Waals surface area contributed by atoms with E-state index in [4.69, 9.17) is 21.4 Å². The lowest BCUT2D eigenvalue weighted by atomic mass is 10.2. The maximum absolute atomic E-state index is 10.9. The van der Waals surface area contributed by atoms with Crippen molar-refractivity contribution in [3.63, 3.8) is 0 Å². The smallest absolute Gasteiger partial charge is 0.337 e. The van der Waals surface area contributed by atoms with Gasteiger partial charge in [0, 0.05) is 18.8 Å².